The van der Waals surface area contributed by atoms with Gasteiger partial charge in [0.05, 0.1) is 5.69 Å². The number of carbonyl (C=O) groups excluding carboxylic acids is 1. The van der Waals surface area contributed by atoms with Gasteiger partial charge in [0.25, 0.3) is 0 Å². The van der Waals surface area contributed by atoms with E-state index in [1.165, 1.54) is 0 Å². The Morgan fingerprint density at radius 3 is 2.61 bits per heavy atom. The van der Waals surface area contributed by atoms with Crippen molar-refractivity contribution in [1.82, 2.24) is 19.7 Å². The Bertz CT molecular complexity index is 970. The average molecular weight is 372 g/mol. The van der Waals surface area contributed by atoms with E-state index in [2.05, 4.69) is 18.8 Å². The number of amides is 1. The Balaban J connectivity index is 1.69. The number of pyridine rings is 1. The van der Waals surface area contributed by atoms with Crippen LogP contribution in [0.3, 0.4) is 0 Å². The number of benzene rings is 1. The molecule has 0 saturated heterocycles. The molecule has 5 nitrogen and oxygen atoms in total. The molecule has 1 aliphatic rings. The molecule has 142 valence electrons. The molecule has 0 aliphatic heterocycles. The van der Waals surface area contributed by atoms with Crippen LogP contribution in [0, 0.1) is 0 Å². The molecule has 0 spiro atoms. The van der Waals surface area contributed by atoms with Crippen molar-refractivity contribution in [1.29, 1.82) is 0 Å². The van der Waals surface area contributed by atoms with Crippen LogP contribution in [0.25, 0.3) is 23.0 Å². The first kappa shape index (κ1) is 18.2. The summed E-state index contributed by atoms with van der Waals surface area (Å²) < 4.78 is 1.84. The SMILES string of the molecule is CC(C)N(C(=O)/C=C/c1cn(-c2ccccc2)nc1-c1cccnc1)C1CC1. The average Bonchev–Trinajstić information content (AvgIpc) is 3.44. The summed E-state index contributed by atoms with van der Waals surface area (Å²) in [5.41, 5.74) is 3.60. The van der Waals surface area contributed by atoms with Gasteiger partial charge >= 0.3 is 0 Å². The monoisotopic (exact) mass is 372 g/mol. The molecular formula is C23H24N4O. The largest absolute Gasteiger partial charge is 0.334 e. The standard InChI is InChI=1S/C23H24N4O/c1-17(2)27(21-11-12-21)22(28)13-10-19-16-26(20-8-4-3-5-9-20)25-23(19)18-7-6-14-24-15-18/h3-10,13-17,21H,11-12H2,1-2H3/b13-10+. The molecule has 4 rings (SSSR count). The lowest BCUT2D eigenvalue weighted by molar-refractivity contribution is -0.128. The molecular weight excluding hydrogens is 348 g/mol. The number of para-hydroxylation sites is 1. The van der Waals surface area contributed by atoms with Gasteiger partial charge in [0, 0.05) is 47.9 Å². The summed E-state index contributed by atoms with van der Waals surface area (Å²) in [6, 6.07) is 14.4. The van der Waals surface area contributed by atoms with Gasteiger partial charge in [-0.05, 0) is 57.0 Å². The van der Waals surface area contributed by atoms with E-state index in [0.29, 0.717) is 6.04 Å². The Morgan fingerprint density at radius 2 is 1.96 bits per heavy atom. The van der Waals surface area contributed by atoms with Gasteiger partial charge in [-0.3, -0.25) is 9.78 Å². The molecule has 0 bridgehead atoms. The molecule has 1 fully saturated rings. The number of aromatic nitrogens is 3. The summed E-state index contributed by atoms with van der Waals surface area (Å²) in [7, 11) is 0. The van der Waals surface area contributed by atoms with Gasteiger partial charge in [-0.1, -0.05) is 18.2 Å². The van der Waals surface area contributed by atoms with E-state index >= 15 is 0 Å². The molecule has 0 atom stereocenters. The van der Waals surface area contributed by atoms with Crippen LogP contribution in [0.15, 0.2) is 67.1 Å². The zero-order valence-corrected chi connectivity index (χ0v) is 16.2. The molecule has 1 aliphatic carbocycles. The molecule has 2 aromatic heterocycles. The van der Waals surface area contributed by atoms with Gasteiger partial charge in [0.1, 0.15) is 5.69 Å². The van der Waals surface area contributed by atoms with E-state index < -0.39 is 0 Å². The van der Waals surface area contributed by atoms with Crippen LogP contribution in [0.2, 0.25) is 0 Å². The molecule has 3 aromatic rings. The lowest BCUT2D eigenvalue weighted by Crippen LogP contribution is -2.37. The molecule has 1 saturated carbocycles. The fraction of sp³-hybridized carbons (Fsp3) is 0.261. The fourth-order valence-corrected chi connectivity index (χ4v) is 3.41. The van der Waals surface area contributed by atoms with Gasteiger partial charge in [-0.2, -0.15) is 5.10 Å². The van der Waals surface area contributed by atoms with E-state index in [1.807, 2.05) is 64.3 Å². The number of carbonyl (C=O) groups is 1. The number of rotatable bonds is 6. The van der Waals surface area contributed by atoms with E-state index in [9.17, 15) is 4.79 Å². The van der Waals surface area contributed by atoms with Gasteiger partial charge in [-0.25, -0.2) is 4.68 Å². The zero-order chi connectivity index (χ0) is 19.5. The Morgan fingerprint density at radius 1 is 1.18 bits per heavy atom. The van der Waals surface area contributed by atoms with Crippen LogP contribution in [0.1, 0.15) is 32.3 Å². The fourth-order valence-electron chi connectivity index (χ4n) is 3.41. The number of hydrogen-bond donors (Lipinski definition) is 0. The minimum atomic E-state index is 0.0575. The van der Waals surface area contributed by atoms with Crippen LogP contribution < -0.4 is 0 Å². The van der Waals surface area contributed by atoms with Crippen LogP contribution in [0.5, 0.6) is 0 Å². The maximum absolute atomic E-state index is 12.8. The quantitative estimate of drug-likeness (QED) is 0.605. The maximum Gasteiger partial charge on any atom is 0.247 e. The van der Waals surface area contributed by atoms with Crippen LogP contribution in [0.4, 0.5) is 0 Å². The predicted octanol–water partition coefficient (Wildman–Crippen LogP) is 4.35. The van der Waals surface area contributed by atoms with Crippen LogP contribution in [-0.4, -0.2) is 37.7 Å². The topological polar surface area (TPSA) is 51.0 Å². The molecule has 1 amide bonds. The summed E-state index contributed by atoms with van der Waals surface area (Å²) >= 11 is 0. The van der Waals surface area contributed by atoms with Gasteiger partial charge in [0.15, 0.2) is 0 Å². The van der Waals surface area contributed by atoms with E-state index in [0.717, 1.165) is 35.3 Å². The van der Waals surface area contributed by atoms with Crippen molar-refractivity contribution < 1.29 is 4.79 Å². The van der Waals surface area contributed by atoms with E-state index in [1.54, 1.807) is 18.5 Å². The van der Waals surface area contributed by atoms with Gasteiger partial charge in [0.2, 0.25) is 5.91 Å². The molecule has 0 radical (unpaired) electrons. The minimum absolute atomic E-state index is 0.0575. The third kappa shape index (κ3) is 3.88. The van der Waals surface area contributed by atoms with Crippen molar-refractivity contribution in [2.75, 3.05) is 0 Å². The highest BCUT2D eigenvalue weighted by Gasteiger charge is 2.33. The Hall–Kier alpha value is -3.21. The van der Waals surface area contributed by atoms with Crippen molar-refractivity contribution >= 4 is 12.0 Å². The Kier molecular flexibility index (Phi) is 5.06. The third-order valence-corrected chi connectivity index (χ3v) is 4.85. The second-order valence-corrected chi connectivity index (χ2v) is 7.36. The number of nitrogens with zero attached hydrogens (tertiary/aromatic N) is 4. The lowest BCUT2D eigenvalue weighted by Gasteiger charge is -2.25. The van der Waals surface area contributed by atoms with Crippen molar-refractivity contribution in [2.24, 2.45) is 0 Å². The first-order valence-electron chi connectivity index (χ1n) is 9.69. The molecule has 28 heavy (non-hydrogen) atoms. The van der Waals surface area contributed by atoms with Crippen molar-refractivity contribution in [3.63, 3.8) is 0 Å². The summed E-state index contributed by atoms with van der Waals surface area (Å²) in [6.07, 6.45) is 11.2. The van der Waals surface area contributed by atoms with Crippen LogP contribution in [-0.2, 0) is 4.79 Å². The molecule has 0 N–H and O–H groups in total. The summed E-state index contributed by atoms with van der Waals surface area (Å²) in [4.78, 5) is 19.0. The molecule has 5 heteroatoms. The predicted molar refractivity (Wildman–Crippen MR) is 111 cm³/mol. The number of hydrogen-bond acceptors (Lipinski definition) is 3. The molecule has 2 heterocycles. The highest BCUT2D eigenvalue weighted by atomic mass is 16.2. The zero-order valence-electron chi connectivity index (χ0n) is 16.2. The van der Waals surface area contributed by atoms with Crippen molar-refractivity contribution in [3.05, 3.63) is 72.7 Å². The summed E-state index contributed by atoms with van der Waals surface area (Å²) in [5.74, 6) is 0.0575. The summed E-state index contributed by atoms with van der Waals surface area (Å²) in [5, 5.41) is 4.76. The van der Waals surface area contributed by atoms with Crippen molar-refractivity contribution in [2.45, 2.75) is 38.8 Å². The second-order valence-electron chi connectivity index (χ2n) is 7.36. The maximum atomic E-state index is 12.8. The Labute approximate surface area is 165 Å². The third-order valence-electron chi connectivity index (χ3n) is 4.85. The highest BCUT2D eigenvalue weighted by Crippen LogP contribution is 2.29. The first-order valence-corrected chi connectivity index (χ1v) is 9.69. The van der Waals surface area contributed by atoms with Gasteiger partial charge in [-0.15, -0.1) is 0 Å². The molecule has 1 aromatic carbocycles. The lowest BCUT2D eigenvalue weighted by atomic mass is 10.1. The summed E-state index contributed by atoms with van der Waals surface area (Å²) in [6.45, 7) is 4.14. The van der Waals surface area contributed by atoms with E-state index in [4.69, 9.17) is 5.10 Å². The molecule has 0 unspecified atom stereocenters. The smallest absolute Gasteiger partial charge is 0.247 e. The van der Waals surface area contributed by atoms with E-state index in [-0.39, 0.29) is 11.9 Å². The minimum Gasteiger partial charge on any atom is -0.334 e. The second kappa shape index (κ2) is 7.80. The first-order chi connectivity index (χ1) is 13.6. The highest BCUT2D eigenvalue weighted by molar-refractivity contribution is 5.93. The van der Waals surface area contributed by atoms with Crippen molar-refractivity contribution in [3.8, 4) is 16.9 Å². The van der Waals surface area contributed by atoms with Crippen LogP contribution >= 0.6 is 0 Å². The normalized spacial score (nSPS) is 14.0. The van der Waals surface area contributed by atoms with Gasteiger partial charge < -0.3 is 4.90 Å².